The number of nitrogens with zero attached hydrogens (tertiary/aromatic N) is 1. The Morgan fingerprint density at radius 1 is 1.22 bits per heavy atom. The first-order valence-electron chi connectivity index (χ1n) is 6.99. The maximum Gasteiger partial charge on any atom is 0.336 e. The van der Waals surface area contributed by atoms with E-state index in [1.807, 2.05) is 25.1 Å². The van der Waals surface area contributed by atoms with Crippen LogP contribution in [0, 0.1) is 6.92 Å². The summed E-state index contributed by atoms with van der Waals surface area (Å²) in [6, 6.07) is 12.3. The lowest BCUT2D eigenvalue weighted by atomic mass is 10.0. The third-order valence-electron chi connectivity index (χ3n) is 3.65. The molecular formula is C18H14ClNO3. The number of aromatic nitrogens is 1. The van der Waals surface area contributed by atoms with E-state index in [0.29, 0.717) is 27.4 Å². The van der Waals surface area contributed by atoms with Crippen LogP contribution >= 0.6 is 11.6 Å². The minimum absolute atomic E-state index is 0.163. The van der Waals surface area contributed by atoms with Gasteiger partial charge in [-0.05, 0) is 31.2 Å². The van der Waals surface area contributed by atoms with Gasteiger partial charge < -0.3 is 9.84 Å². The van der Waals surface area contributed by atoms with Crippen LogP contribution in [-0.4, -0.2) is 23.2 Å². The number of rotatable bonds is 3. The van der Waals surface area contributed by atoms with Crippen LogP contribution in [0.25, 0.3) is 22.2 Å². The Kier molecular flexibility index (Phi) is 3.92. The molecule has 0 unspecified atom stereocenters. The second-order valence-corrected chi connectivity index (χ2v) is 5.61. The number of carboxylic acids is 1. The molecule has 0 aliphatic heterocycles. The number of methoxy groups -OCH3 is 1. The van der Waals surface area contributed by atoms with E-state index in [4.69, 9.17) is 16.3 Å². The molecule has 0 aliphatic rings. The van der Waals surface area contributed by atoms with Crippen LogP contribution < -0.4 is 4.74 Å². The molecule has 3 aromatic rings. The second-order valence-electron chi connectivity index (χ2n) is 5.20. The lowest BCUT2D eigenvalue weighted by Gasteiger charge is -2.12. The van der Waals surface area contributed by atoms with Crippen molar-refractivity contribution in [2.75, 3.05) is 7.11 Å². The molecule has 0 aliphatic carbocycles. The number of para-hydroxylation sites is 1. The number of halogens is 1. The smallest absolute Gasteiger partial charge is 0.336 e. The Hall–Kier alpha value is -2.59. The summed E-state index contributed by atoms with van der Waals surface area (Å²) in [4.78, 5) is 16.2. The lowest BCUT2D eigenvalue weighted by Crippen LogP contribution is -2.01. The van der Waals surface area contributed by atoms with Crippen molar-refractivity contribution in [1.29, 1.82) is 0 Å². The van der Waals surface area contributed by atoms with Gasteiger partial charge in [0.15, 0.2) is 0 Å². The zero-order chi connectivity index (χ0) is 16.6. The molecule has 0 saturated heterocycles. The summed E-state index contributed by atoms with van der Waals surface area (Å²) in [7, 11) is 1.57. The number of fused-ring (bicyclic) bond motifs is 1. The largest absolute Gasteiger partial charge is 0.496 e. The molecule has 4 nitrogen and oxygen atoms in total. The first-order chi connectivity index (χ1) is 11.0. The van der Waals surface area contributed by atoms with Gasteiger partial charge in [0, 0.05) is 10.9 Å². The number of aryl methyl sites for hydroxylation is 1. The van der Waals surface area contributed by atoms with Crippen LogP contribution in [0.3, 0.4) is 0 Å². The van der Waals surface area contributed by atoms with Gasteiger partial charge in [-0.15, -0.1) is 0 Å². The zero-order valence-electron chi connectivity index (χ0n) is 12.6. The van der Waals surface area contributed by atoms with Gasteiger partial charge in [0.05, 0.1) is 28.9 Å². The predicted molar refractivity (Wildman–Crippen MR) is 90.4 cm³/mol. The number of benzene rings is 2. The summed E-state index contributed by atoms with van der Waals surface area (Å²) in [5.74, 6) is -0.390. The van der Waals surface area contributed by atoms with Crippen LogP contribution in [0.5, 0.6) is 5.75 Å². The summed E-state index contributed by atoms with van der Waals surface area (Å²) < 4.78 is 5.38. The van der Waals surface area contributed by atoms with Crippen molar-refractivity contribution in [1.82, 2.24) is 4.98 Å². The van der Waals surface area contributed by atoms with E-state index < -0.39 is 5.97 Å². The molecule has 0 bridgehead atoms. The van der Waals surface area contributed by atoms with Gasteiger partial charge in [-0.1, -0.05) is 35.4 Å². The number of ether oxygens (including phenoxy) is 1. The van der Waals surface area contributed by atoms with E-state index in [2.05, 4.69) is 4.98 Å². The summed E-state index contributed by atoms with van der Waals surface area (Å²) in [6.07, 6.45) is 0. The monoisotopic (exact) mass is 327 g/mol. The van der Waals surface area contributed by atoms with E-state index in [9.17, 15) is 9.90 Å². The van der Waals surface area contributed by atoms with Crippen LogP contribution in [0.1, 0.15) is 15.9 Å². The van der Waals surface area contributed by atoms with Gasteiger partial charge in [-0.25, -0.2) is 9.78 Å². The third kappa shape index (κ3) is 2.73. The molecule has 23 heavy (non-hydrogen) atoms. The van der Waals surface area contributed by atoms with Gasteiger partial charge in [-0.2, -0.15) is 0 Å². The maximum absolute atomic E-state index is 11.6. The van der Waals surface area contributed by atoms with Crippen molar-refractivity contribution in [3.8, 4) is 17.0 Å². The Morgan fingerprint density at radius 3 is 2.70 bits per heavy atom. The molecular weight excluding hydrogens is 314 g/mol. The summed E-state index contributed by atoms with van der Waals surface area (Å²) >= 11 is 6.21. The number of carboxylic acid groups (broad SMARTS) is 1. The Bertz CT molecular complexity index is 922. The lowest BCUT2D eigenvalue weighted by molar-refractivity contribution is 0.0699. The highest BCUT2D eigenvalue weighted by Gasteiger charge is 2.16. The average molecular weight is 328 g/mol. The van der Waals surface area contributed by atoms with Crippen molar-refractivity contribution in [3.05, 3.63) is 58.6 Å². The molecule has 0 amide bonds. The first kappa shape index (κ1) is 15.3. The maximum atomic E-state index is 11.6. The molecule has 2 aromatic carbocycles. The van der Waals surface area contributed by atoms with Crippen molar-refractivity contribution in [3.63, 3.8) is 0 Å². The molecule has 0 atom stereocenters. The average Bonchev–Trinajstić information content (AvgIpc) is 2.54. The number of hydrogen-bond acceptors (Lipinski definition) is 3. The van der Waals surface area contributed by atoms with E-state index in [0.717, 1.165) is 11.1 Å². The summed E-state index contributed by atoms with van der Waals surface area (Å²) in [5.41, 5.74) is 2.91. The highest BCUT2D eigenvalue weighted by Crippen LogP contribution is 2.34. The first-order valence-corrected chi connectivity index (χ1v) is 7.36. The van der Waals surface area contributed by atoms with E-state index in [1.54, 1.807) is 31.4 Å². The molecule has 0 fully saturated rings. The van der Waals surface area contributed by atoms with Gasteiger partial charge in [0.1, 0.15) is 5.75 Å². The molecule has 0 saturated carbocycles. The molecule has 1 N–H and O–H groups in total. The number of pyridine rings is 1. The number of carbonyl (C=O) groups is 1. The molecule has 1 aromatic heterocycles. The minimum Gasteiger partial charge on any atom is -0.496 e. The molecule has 5 heteroatoms. The topological polar surface area (TPSA) is 59.4 Å². The van der Waals surface area contributed by atoms with E-state index >= 15 is 0 Å². The predicted octanol–water partition coefficient (Wildman–Crippen LogP) is 4.57. The number of aromatic carboxylic acids is 1. The van der Waals surface area contributed by atoms with Gasteiger partial charge in [0.25, 0.3) is 0 Å². The Labute approximate surface area is 138 Å². The van der Waals surface area contributed by atoms with Gasteiger partial charge in [0.2, 0.25) is 0 Å². The van der Waals surface area contributed by atoms with Gasteiger partial charge in [-0.3, -0.25) is 0 Å². The van der Waals surface area contributed by atoms with E-state index in [-0.39, 0.29) is 5.56 Å². The van der Waals surface area contributed by atoms with Gasteiger partial charge >= 0.3 is 5.97 Å². The van der Waals surface area contributed by atoms with Crippen molar-refractivity contribution >= 4 is 28.5 Å². The van der Waals surface area contributed by atoms with Crippen LogP contribution in [0.2, 0.25) is 5.02 Å². The molecule has 0 spiro atoms. The Balaban J connectivity index is 2.37. The highest BCUT2D eigenvalue weighted by molar-refractivity contribution is 6.35. The fourth-order valence-corrected chi connectivity index (χ4v) is 2.77. The minimum atomic E-state index is -1.02. The van der Waals surface area contributed by atoms with Crippen molar-refractivity contribution in [2.24, 2.45) is 0 Å². The zero-order valence-corrected chi connectivity index (χ0v) is 13.4. The molecule has 0 radical (unpaired) electrons. The Morgan fingerprint density at radius 2 is 2.00 bits per heavy atom. The fourth-order valence-electron chi connectivity index (χ4n) is 2.55. The fraction of sp³-hybridized carbons (Fsp3) is 0.111. The third-order valence-corrected chi connectivity index (χ3v) is 3.96. The second kappa shape index (κ2) is 5.89. The van der Waals surface area contributed by atoms with Crippen molar-refractivity contribution < 1.29 is 14.6 Å². The van der Waals surface area contributed by atoms with E-state index in [1.165, 1.54) is 0 Å². The van der Waals surface area contributed by atoms with Crippen LogP contribution in [-0.2, 0) is 0 Å². The molecule has 1 heterocycles. The normalized spacial score (nSPS) is 10.7. The standard InChI is InChI=1S/C18H14ClNO3/c1-10-6-7-16(23-2)13(8-10)15-9-12(18(21)22)11-4-3-5-14(19)17(11)20-15/h3-9H,1-2H3,(H,21,22). The van der Waals surface area contributed by atoms with Crippen molar-refractivity contribution in [2.45, 2.75) is 6.92 Å². The summed E-state index contributed by atoms with van der Waals surface area (Å²) in [6.45, 7) is 1.95. The molecule has 116 valence electrons. The van der Waals surface area contributed by atoms with Crippen LogP contribution in [0.4, 0.5) is 0 Å². The summed E-state index contributed by atoms with van der Waals surface area (Å²) in [5, 5.41) is 10.5. The van der Waals surface area contributed by atoms with Crippen LogP contribution in [0.15, 0.2) is 42.5 Å². The SMILES string of the molecule is COc1ccc(C)cc1-c1cc(C(=O)O)c2cccc(Cl)c2n1. The quantitative estimate of drug-likeness (QED) is 0.765. The highest BCUT2D eigenvalue weighted by atomic mass is 35.5. The molecule has 3 rings (SSSR count). The number of hydrogen-bond donors (Lipinski definition) is 1.